The fraction of sp³-hybridized carbons (Fsp3) is 0.583. The minimum Gasteiger partial charge on any atom is -0.344 e. The Hall–Kier alpha value is -0.850. The SMILES string of the molecule is CN1C[C@@H](N)CCC1=O.Clc1ncc2c(n1)CCS2. The minimum absolute atomic E-state index is 0.202. The molecule has 1 amide bonds. The summed E-state index contributed by atoms with van der Waals surface area (Å²) in [6, 6.07) is 0.202. The Morgan fingerprint density at radius 1 is 1.53 bits per heavy atom. The average molecular weight is 301 g/mol. The van der Waals surface area contributed by atoms with E-state index in [2.05, 4.69) is 9.97 Å². The van der Waals surface area contributed by atoms with Gasteiger partial charge < -0.3 is 10.6 Å². The second-order valence-corrected chi connectivity index (χ2v) is 6.10. The van der Waals surface area contributed by atoms with E-state index in [9.17, 15) is 4.79 Å². The molecule has 0 bridgehead atoms. The van der Waals surface area contributed by atoms with Crippen molar-refractivity contribution < 1.29 is 4.79 Å². The summed E-state index contributed by atoms with van der Waals surface area (Å²) < 4.78 is 0. The molecule has 2 aliphatic rings. The number of carbonyl (C=O) groups excluding carboxylic acids is 1. The fourth-order valence-electron chi connectivity index (χ4n) is 1.98. The maximum atomic E-state index is 10.8. The van der Waals surface area contributed by atoms with Crippen LogP contribution in [0.4, 0.5) is 0 Å². The van der Waals surface area contributed by atoms with E-state index in [4.69, 9.17) is 17.3 Å². The van der Waals surface area contributed by atoms with Crippen molar-refractivity contribution in [3.63, 3.8) is 0 Å². The monoisotopic (exact) mass is 300 g/mol. The van der Waals surface area contributed by atoms with Gasteiger partial charge in [0.05, 0.1) is 5.69 Å². The standard InChI is InChI=1S/C6H5ClN2S.C6H12N2O/c7-6-8-3-5-4(9-6)1-2-10-5;1-8-4-5(7)2-3-6(8)9/h3H,1-2H2;5H,2-4,7H2,1H3/t;5-/m.0/s1. The Morgan fingerprint density at radius 2 is 2.32 bits per heavy atom. The average Bonchev–Trinajstić information content (AvgIpc) is 2.82. The van der Waals surface area contributed by atoms with E-state index in [0.29, 0.717) is 11.7 Å². The van der Waals surface area contributed by atoms with Gasteiger partial charge >= 0.3 is 0 Å². The van der Waals surface area contributed by atoms with Gasteiger partial charge in [0, 0.05) is 49.3 Å². The summed E-state index contributed by atoms with van der Waals surface area (Å²) in [4.78, 5) is 21.7. The number of carbonyl (C=O) groups is 1. The number of thioether (sulfide) groups is 1. The number of rotatable bonds is 0. The van der Waals surface area contributed by atoms with Gasteiger partial charge in [-0.3, -0.25) is 4.79 Å². The first kappa shape index (κ1) is 14.6. The highest BCUT2D eigenvalue weighted by Crippen LogP contribution is 2.29. The molecule has 3 heterocycles. The van der Waals surface area contributed by atoms with E-state index in [-0.39, 0.29) is 11.9 Å². The third-order valence-electron chi connectivity index (χ3n) is 3.06. The predicted molar refractivity (Wildman–Crippen MR) is 76.3 cm³/mol. The van der Waals surface area contributed by atoms with Crippen molar-refractivity contribution >= 4 is 29.3 Å². The van der Waals surface area contributed by atoms with E-state index in [1.165, 1.54) is 4.90 Å². The molecule has 3 rings (SSSR count). The van der Waals surface area contributed by atoms with Gasteiger partial charge in [-0.2, -0.15) is 0 Å². The van der Waals surface area contributed by atoms with Crippen molar-refractivity contribution in [1.82, 2.24) is 14.9 Å². The van der Waals surface area contributed by atoms with Crippen molar-refractivity contribution in [3.05, 3.63) is 17.2 Å². The number of hydrogen-bond donors (Lipinski definition) is 1. The molecule has 1 fully saturated rings. The molecule has 7 heteroatoms. The molecule has 0 saturated carbocycles. The van der Waals surface area contributed by atoms with Crippen LogP contribution >= 0.6 is 23.4 Å². The van der Waals surface area contributed by atoms with E-state index in [1.54, 1.807) is 29.9 Å². The number of fused-ring (bicyclic) bond motifs is 1. The van der Waals surface area contributed by atoms with Crippen LogP contribution < -0.4 is 5.73 Å². The second-order valence-electron chi connectivity index (χ2n) is 4.62. The molecule has 0 aromatic carbocycles. The molecule has 1 aromatic heterocycles. The molecule has 0 spiro atoms. The number of piperidine rings is 1. The van der Waals surface area contributed by atoms with Crippen molar-refractivity contribution in [1.29, 1.82) is 0 Å². The van der Waals surface area contributed by atoms with Crippen LogP contribution in [0.5, 0.6) is 0 Å². The highest BCUT2D eigenvalue weighted by Gasteiger charge is 2.19. The third-order valence-corrected chi connectivity index (χ3v) is 4.30. The summed E-state index contributed by atoms with van der Waals surface area (Å²) in [5.74, 6) is 1.33. The lowest BCUT2D eigenvalue weighted by molar-refractivity contribution is -0.132. The van der Waals surface area contributed by atoms with Gasteiger partial charge in [0.15, 0.2) is 0 Å². The van der Waals surface area contributed by atoms with Crippen LogP contribution in [-0.4, -0.2) is 46.2 Å². The van der Waals surface area contributed by atoms with Gasteiger partial charge in [0.1, 0.15) is 0 Å². The van der Waals surface area contributed by atoms with Gasteiger partial charge in [0.25, 0.3) is 0 Å². The first-order chi connectivity index (χ1) is 9.06. The molecule has 104 valence electrons. The Bertz CT molecular complexity index is 471. The van der Waals surface area contributed by atoms with Crippen LogP contribution in [0.15, 0.2) is 11.1 Å². The fourth-order valence-corrected chi connectivity index (χ4v) is 3.09. The molecule has 0 unspecified atom stereocenters. The lowest BCUT2D eigenvalue weighted by Crippen LogP contribution is -2.43. The Morgan fingerprint density at radius 3 is 3.00 bits per heavy atom. The van der Waals surface area contributed by atoms with Gasteiger partial charge in [-0.05, 0) is 18.0 Å². The van der Waals surface area contributed by atoms with Crippen molar-refractivity contribution in [2.24, 2.45) is 5.73 Å². The zero-order chi connectivity index (χ0) is 13.8. The maximum Gasteiger partial charge on any atom is 0.222 e. The second kappa shape index (κ2) is 6.54. The molecule has 0 radical (unpaired) electrons. The van der Waals surface area contributed by atoms with Gasteiger partial charge in [-0.25, -0.2) is 9.97 Å². The number of halogens is 1. The topological polar surface area (TPSA) is 72.1 Å². The summed E-state index contributed by atoms with van der Waals surface area (Å²) in [6.07, 6.45) is 4.30. The number of aromatic nitrogens is 2. The molecule has 1 atom stereocenters. The van der Waals surface area contributed by atoms with E-state index < -0.39 is 0 Å². The third kappa shape index (κ3) is 4.06. The van der Waals surface area contributed by atoms with E-state index in [1.807, 2.05) is 0 Å². The van der Waals surface area contributed by atoms with E-state index in [0.717, 1.165) is 30.8 Å². The lowest BCUT2D eigenvalue weighted by Gasteiger charge is -2.26. The van der Waals surface area contributed by atoms with Crippen LogP contribution in [-0.2, 0) is 11.2 Å². The molecule has 5 nitrogen and oxygen atoms in total. The number of aryl methyl sites for hydroxylation is 1. The zero-order valence-electron chi connectivity index (χ0n) is 10.8. The molecule has 2 N–H and O–H groups in total. The normalized spacial score (nSPS) is 21.7. The number of hydrogen-bond acceptors (Lipinski definition) is 5. The Balaban J connectivity index is 0.000000141. The first-order valence-electron chi connectivity index (χ1n) is 6.20. The van der Waals surface area contributed by atoms with Crippen LogP contribution in [0.3, 0.4) is 0 Å². The van der Waals surface area contributed by atoms with Crippen molar-refractivity contribution in [3.8, 4) is 0 Å². The van der Waals surface area contributed by atoms with Crippen molar-refractivity contribution in [2.75, 3.05) is 19.3 Å². The van der Waals surface area contributed by atoms with Crippen LogP contribution in [0.1, 0.15) is 18.5 Å². The van der Waals surface area contributed by atoms with Gasteiger partial charge in [-0.15, -0.1) is 11.8 Å². The van der Waals surface area contributed by atoms with Crippen LogP contribution in [0, 0.1) is 0 Å². The predicted octanol–water partition coefficient (Wildman–Crippen LogP) is 1.34. The smallest absolute Gasteiger partial charge is 0.222 e. The van der Waals surface area contributed by atoms with E-state index >= 15 is 0 Å². The summed E-state index contributed by atoms with van der Waals surface area (Å²) in [7, 11) is 1.79. The van der Waals surface area contributed by atoms with Gasteiger partial charge in [-0.1, -0.05) is 0 Å². The molecule has 1 saturated heterocycles. The molecular formula is C12H17ClN4OS. The highest BCUT2D eigenvalue weighted by atomic mass is 35.5. The molecule has 0 aliphatic carbocycles. The summed E-state index contributed by atoms with van der Waals surface area (Å²) >= 11 is 7.38. The molecule has 2 aliphatic heterocycles. The number of nitrogens with zero attached hydrogens (tertiary/aromatic N) is 3. The van der Waals surface area contributed by atoms with Gasteiger partial charge in [0.2, 0.25) is 11.2 Å². The maximum absolute atomic E-state index is 10.8. The molecule has 19 heavy (non-hydrogen) atoms. The number of likely N-dealkylation sites (N-methyl/N-ethyl adjacent to an activating group) is 1. The lowest BCUT2D eigenvalue weighted by atomic mass is 10.1. The number of amides is 1. The van der Waals surface area contributed by atoms with Crippen molar-refractivity contribution in [2.45, 2.75) is 30.2 Å². The molecule has 1 aromatic rings. The first-order valence-corrected chi connectivity index (χ1v) is 7.56. The highest BCUT2D eigenvalue weighted by molar-refractivity contribution is 7.99. The Kier molecular flexibility index (Phi) is 5.01. The minimum atomic E-state index is 0.202. The quantitative estimate of drug-likeness (QED) is 0.732. The van der Waals surface area contributed by atoms with Crippen LogP contribution in [0.25, 0.3) is 0 Å². The number of likely N-dealkylation sites (tertiary alicyclic amines) is 1. The largest absolute Gasteiger partial charge is 0.344 e. The summed E-state index contributed by atoms with van der Waals surface area (Å²) in [5.41, 5.74) is 6.70. The Labute approximate surface area is 121 Å². The number of nitrogens with two attached hydrogens (primary N) is 1. The summed E-state index contributed by atoms with van der Waals surface area (Å²) in [6.45, 7) is 0.721. The zero-order valence-corrected chi connectivity index (χ0v) is 12.4. The summed E-state index contributed by atoms with van der Waals surface area (Å²) in [5, 5.41) is 0.362. The molecular weight excluding hydrogens is 284 g/mol. The van der Waals surface area contributed by atoms with Crippen LogP contribution in [0.2, 0.25) is 5.28 Å².